The minimum atomic E-state index is -0.343. The maximum atomic E-state index is 11.5. The van der Waals surface area contributed by atoms with Crippen molar-refractivity contribution >= 4 is 5.91 Å². The van der Waals surface area contributed by atoms with Gasteiger partial charge in [0.1, 0.15) is 5.69 Å². The van der Waals surface area contributed by atoms with Crippen LogP contribution in [-0.4, -0.2) is 31.2 Å². The van der Waals surface area contributed by atoms with Gasteiger partial charge < -0.3 is 4.74 Å². The van der Waals surface area contributed by atoms with E-state index in [4.69, 9.17) is 9.57 Å². The first-order valence-corrected chi connectivity index (χ1v) is 4.58. The van der Waals surface area contributed by atoms with Gasteiger partial charge in [0, 0.05) is 13.3 Å². The molecule has 5 nitrogen and oxygen atoms in total. The molecule has 15 heavy (non-hydrogen) atoms. The molecule has 1 heterocycles. The predicted octanol–water partition coefficient (Wildman–Crippen LogP) is 0.698. The number of ether oxygens (including phenoxy) is 1. The Morgan fingerprint density at radius 1 is 1.53 bits per heavy atom. The highest BCUT2D eigenvalue weighted by Crippen LogP contribution is 2.02. The van der Waals surface area contributed by atoms with Crippen molar-refractivity contribution in [1.29, 1.82) is 0 Å². The minimum Gasteiger partial charge on any atom is -0.382 e. The van der Waals surface area contributed by atoms with Gasteiger partial charge in [0.05, 0.1) is 13.2 Å². The van der Waals surface area contributed by atoms with Crippen molar-refractivity contribution in [2.45, 2.75) is 6.92 Å². The average molecular weight is 210 g/mol. The Morgan fingerprint density at radius 3 is 3.00 bits per heavy atom. The zero-order chi connectivity index (χ0) is 11.1. The lowest BCUT2D eigenvalue weighted by Gasteiger charge is -2.06. The molecule has 5 heteroatoms. The molecule has 1 aromatic rings. The molecule has 0 unspecified atom stereocenters. The highest BCUT2D eigenvalue weighted by atomic mass is 16.7. The van der Waals surface area contributed by atoms with E-state index in [1.54, 1.807) is 19.4 Å². The lowest BCUT2D eigenvalue weighted by molar-refractivity contribution is 0.00853. The molecule has 1 aromatic heterocycles. The first-order chi connectivity index (χ1) is 7.25. The van der Waals surface area contributed by atoms with Crippen molar-refractivity contribution in [3.8, 4) is 0 Å². The molecule has 0 aliphatic rings. The predicted molar refractivity (Wildman–Crippen MR) is 54.3 cm³/mol. The third-order valence-electron chi connectivity index (χ3n) is 1.78. The fraction of sp³-hybridized carbons (Fsp3) is 0.400. The molecule has 0 fully saturated rings. The minimum absolute atomic E-state index is 0.314. The van der Waals surface area contributed by atoms with Gasteiger partial charge in [0.25, 0.3) is 5.91 Å². The van der Waals surface area contributed by atoms with E-state index in [9.17, 15) is 4.79 Å². The summed E-state index contributed by atoms with van der Waals surface area (Å²) in [6, 6.07) is 3.59. The van der Waals surface area contributed by atoms with Crippen LogP contribution in [-0.2, 0) is 9.57 Å². The van der Waals surface area contributed by atoms with Gasteiger partial charge in [-0.3, -0.25) is 14.6 Å². The number of hydroxylamine groups is 1. The van der Waals surface area contributed by atoms with E-state index in [1.807, 2.05) is 13.0 Å². The summed E-state index contributed by atoms with van der Waals surface area (Å²) in [7, 11) is 1.56. The normalized spacial score (nSPS) is 10.0. The van der Waals surface area contributed by atoms with Gasteiger partial charge in [-0.2, -0.15) is 0 Å². The molecule has 0 aromatic carbocycles. The zero-order valence-electron chi connectivity index (χ0n) is 8.82. The van der Waals surface area contributed by atoms with E-state index >= 15 is 0 Å². The second kappa shape index (κ2) is 6.10. The molecule has 1 N–H and O–H groups in total. The SMILES string of the molecule is COCCONC(=O)c1ncccc1C. The molecule has 82 valence electrons. The number of methoxy groups -OCH3 is 1. The van der Waals surface area contributed by atoms with Crippen LogP contribution in [0.3, 0.4) is 0 Å². The molecule has 0 spiro atoms. The molecule has 0 atom stereocenters. The smallest absolute Gasteiger partial charge is 0.293 e. The molecule has 0 aliphatic carbocycles. The van der Waals surface area contributed by atoms with Gasteiger partial charge in [-0.25, -0.2) is 5.48 Å². The van der Waals surface area contributed by atoms with Crippen molar-refractivity contribution in [2.24, 2.45) is 0 Å². The van der Waals surface area contributed by atoms with Crippen molar-refractivity contribution in [1.82, 2.24) is 10.5 Å². The number of amides is 1. The lowest BCUT2D eigenvalue weighted by Crippen LogP contribution is -2.26. The molecular weight excluding hydrogens is 196 g/mol. The van der Waals surface area contributed by atoms with Gasteiger partial charge >= 0.3 is 0 Å². The van der Waals surface area contributed by atoms with Crippen LogP contribution in [0.4, 0.5) is 0 Å². The monoisotopic (exact) mass is 210 g/mol. The van der Waals surface area contributed by atoms with Crippen molar-refractivity contribution in [3.63, 3.8) is 0 Å². The molecule has 0 bridgehead atoms. The number of rotatable bonds is 5. The average Bonchev–Trinajstić information content (AvgIpc) is 2.25. The molecule has 0 saturated heterocycles. The molecule has 1 rings (SSSR count). The van der Waals surface area contributed by atoms with Crippen LogP contribution in [0.15, 0.2) is 18.3 Å². The topological polar surface area (TPSA) is 60.5 Å². The summed E-state index contributed by atoms with van der Waals surface area (Å²) < 4.78 is 4.76. The van der Waals surface area contributed by atoms with Crippen LogP contribution in [0, 0.1) is 6.92 Å². The molecule has 1 amide bonds. The van der Waals surface area contributed by atoms with Gasteiger partial charge in [0.2, 0.25) is 0 Å². The molecule has 0 aliphatic heterocycles. The highest BCUT2D eigenvalue weighted by Gasteiger charge is 2.09. The van der Waals surface area contributed by atoms with E-state index in [0.717, 1.165) is 5.56 Å². The Morgan fingerprint density at radius 2 is 2.33 bits per heavy atom. The van der Waals surface area contributed by atoms with Crippen LogP contribution in [0.1, 0.15) is 16.1 Å². The highest BCUT2D eigenvalue weighted by molar-refractivity contribution is 5.92. The second-order valence-electron chi connectivity index (χ2n) is 2.94. The van der Waals surface area contributed by atoms with Crippen molar-refractivity contribution in [3.05, 3.63) is 29.6 Å². The summed E-state index contributed by atoms with van der Waals surface area (Å²) in [6.07, 6.45) is 1.57. The van der Waals surface area contributed by atoms with E-state index in [1.165, 1.54) is 0 Å². The van der Waals surface area contributed by atoms with Crippen molar-refractivity contribution in [2.75, 3.05) is 20.3 Å². The molecule has 0 radical (unpaired) electrons. The fourth-order valence-corrected chi connectivity index (χ4v) is 1.01. The van der Waals surface area contributed by atoms with Crippen LogP contribution < -0.4 is 5.48 Å². The third kappa shape index (κ3) is 3.65. The van der Waals surface area contributed by atoms with Gasteiger partial charge in [-0.15, -0.1) is 0 Å². The molecular formula is C10H14N2O3. The zero-order valence-corrected chi connectivity index (χ0v) is 8.82. The van der Waals surface area contributed by atoms with Crippen LogP contribution in [0.2, 0.25) is 0 Å². The summed E-state index contributed by atoms with van der Waals surface area (Å²) >= 11 is 0. The summed E-state index contributed by atoms with van der Waals surface area (Å²) in [4.78, 5) is 20.3. The summed E-state index contributed by atoms with van der Waals surface area (Å²) in [6.45, 7) is 2.56. The Kier molecular flexibility index (Phi) is 4.73. The number of nitrogens with zero attached hydrogens (tertiary/aromatic N) is 1. The Balaban J connectivity index is 2.44. The fourth-order valence-electron chi connectivity index (χ4n) is 1.01. The quantitative estimate of drug-likeness (QED) is 0.574. The Hall–Kier alpha value is -1.46. The van der Waals surface area contributed by atoms with Crippen LogP contribution in [0.25, 0.3) is 0 Å². The number of carbonyl (C=O) groups excluding carboxylic acids is 1. The maximum absolute atomic E-state index is 11.5. The van der Waals surface area contributed by atoms with E-state index in [-0.39, 0.29) is 5.91 Å². The number of hydrogen-bond acceptors (Lipinski definition) is 4. The number of aromatic nitrogens is 1. The Bertz CT molecular complexity index is 328. The summed E-state index contributed by atoms with van der Waals surface area (Å²) in [5, 5.41) is 0. The first-order valence-electron chi connectivity index (χ1n) is 4.58. The van der Waals surface area contributed by atoms with Gasteiger partial charge in [-0.05, 0) is 18.6 Å². The van der Waals surface area contributed by atoms with Gasteiger partial charge in [0.15, 0.2) is 0 Å². The Labute approximate surface area is 88.4 Å². The third-order valence-corrected chi connectivity index (χ3v) is 1.78. The number of hydrogen-bond donors (Lipinski definition) is 1. The second-order valence-corrected chi connectivity index (χ2v) is 2.94. The lowest BCUT2D eigenvalue weighted by atomic mass is 10.2. The van der Waals surface area contributed by atoms with Crippen molar-refractivity contribution < 1.29 is 14.4 Å². The summed E-state index contributed by atoms with van der Waals surface area (Å²) in [5.41, 5.74) is 3.47. The van der Waals surface area contributed by atoms with E-state index in [2.05, 4.69) is 10.5 Å². The number of nitrogens with one attached hydrogen (secondary N) is 1. The maximum Gasteiger partial charge on any atom is 0.293 e. The van der Waals surface area contributed by atoms with E-state index in [0.29, 0.717) is 18.9 Å². The van der Waals surface area contributed by atoms with Crippen LogP contribution >= 0.6 is 0 Å². The largest absolute Gasteiger partial charge is 0.382 e. The standard InChI is InChI=1S/C10H14N2O3/c1-8-4-3-5-11-9(8)10(13)12-15-7-6-14-2/h3-5H,6-7H2,1-2H3,(H,12,13). The van der Waals surface area contributed by atoms with Gasteiger partial charge in [-0.1, -0.05) is 6.07 Å². The number of aryl methyl sites for hydroxylation is 1. The van der Waals surface area contributed by atoms with E-state index < -0.39 is 0 Å². The summed E-state index contributed by atoms with van der Waals surface area (Å²) in [5.74, 6) is -0.343. The number of carbonyl (C=O) groups is 1. The van der Waals surface area contributed by atoms with Crippen LogP contribution in [0.5, 0.6) is 0 Å². The number of pyridine rings is 1. The first kappa shape index (κ1) is 11.6. The molecule has 0 saturated carbocycles.